The van der Waals surface area contributed by atoms with E-state index in [1.165, 1.54) is 26.2 Å². The molecular formula is C10H14FNO2. The molecule has 0 aromatic heterocycles. The number of aliphatic hydroxyl groups is 1. The van der Waals surface area contributed by atoms with Gasteiger partial charge in [0.25, 0.3) is 0 Å². The van der Waals surface area contributed by atoms with Gasteiger partial charge < -0.3 is 15.6 Å². The van der Waals surface area contributed by atoms with Gasteiger partial charge in [0, 0.05) is 5.56 Å². The normalized spacial score (nSPS) is 14.9. The van der Waals surface area contributed by atoms with Crippen molar-refractivity contribution in [2.45, 2.75) is 19.1 Å². The summed E-state index contributed by atoms with van der Waals surface area (Å²) in [4.78, 5) is 0. The molecule has 1 aromatic carbocycles. The van der Waals surface area contributed by atoms with E-state index in [0.29, 0.717) is 5.75 Å². The zero-order chi connectivity index (χ0) is 10.7. The van der Waals surface area contributed by atoms with Crippen LogP contribution in [0.1, 0.15) is 18.5 Å². The number of nitrogens with two attached hydrogens (primary N) is 1. The van der Waals surface area contributed by atoms with Crippen LogP contribution in [0, 0.1) is 5.82 Å². The summed E-state index contributed by atoms with van der Waals surface area (Å²) in [7, 11) is 1.44. The Morgan fingerprint density at radius 3 is 2.64 bits per heavy atom. The van der Waals surface area contributed by atoms with Crippen molar-refractivity contribution in [2.24, 2.45) is 5.73 Å². The number of hydrogen-bond donors (Lipinski definition) is 2. The van der Waals surface area contributed by atoms with Crippen LogP contribution in [0.5, 0.6) is 5.75 Å². The van der Waals surface area contributed by atoms with Gasteiger partial charge in [-0.05, 0) is 19.1 Å². The number of benzene rings is 1. The van der Waals surface area contributed by atoms with E-state index in [1.807, 2.05) is 0 Å². The van der Waals surface area contributed by atoms with Crippen molar-refractivity contribution < 1.29 is 14.2 Å². The molecule has 0 bridgehead atoms. The lowest BCUT2D eigenvalue weighted by atomic mass is 10.0. The summed E-state index contributed by atoms with van der Waals surface area (Å²) in [6.45, 7) is 1.51. The maximum Gasteiger partial charge on any atom is 0.131 e. The van der Waals surface area contributed by atoms with Gasteiger partial charge in [0.1, 0.15) is 11.6 Å². The van der Waals surface area contributed by atoms with Crippen molar-refractivity contribution >= 4 is 0 Å². The third-order valence-corrected chi connectivity index (χ3v) is 2.09. The number of ether oxygens (including phenoxy) is 1. The standard InChI is InChI=1S/C10H14FNO2/c1-6(13)10(12)9-7(11)4-3-5-8(9)14-2/h3-6,10,13H,12H2,1-2H3/t6-,10+/m1/s1. The van der Waals surface area contributed by atoms with Crippen LogP contribution in [0.25, 0.3) is 0 Å². The lowest BCUT2D eigenvalue weighted by molar-refractivity contribution is 0.160. The van der Waals surface area contributed by atoms with Gasteiger partial charge >= 0.3 is 0 Å². The van der Waals surface area contributed by atoms with Gasteiger partial charge in [0.05, 0.1) is 19.3 Å². The molecule has 0 aliphatic carbocycles. The van der Waals surface area contributed by atoms with Crippen LogP contribution in [0.4, 0.5) is 4.39 Å². The highest BCUT2D eigenvalue weighted by molar-refractivity contribution is 5.37. The third-order valence-electron chi connectivity index (χ3n) is 2.09. The molecule has 0 unspecified atom stereocenters. The Morgan fingerprint density at radius 2 is 2.14 bits per heavy atom. The first-order valence-corrected chi connectivity index (χ1v) is 4.34. The molecule has 0 spiro atoms. The van der Waals surface area contributed by atoms with Crippen molar-refractivity contribution in [3.05, 3.63) is 29.6 Å². The molecule has 4 heteroatoms. The molecule has 1 aromatic rings. The molecular weight excluding hydrogens is 185 g/mol. The van der Waals surface area contributed by atoms with Gasteiger partial charge in [-0.3, -0.25) is 0 Å². The second-order valence-electron chi connectivity index (χ2n) is 3.12. The van der Waals surface area contributed by atoms with Crippen molar-refractivity contribution in [3.63, 3.8) is 0 Å². The molecule has 0 radical (unpaired) electrons. The number of methoxy groups -OCH3 is 1. The average Bonchev–Trinajstić information content (AvgIpc) is 2.16. The third kappa shape index (κ3) is 2.02. The van der Waals surface area contributed by atoms with Crippen LogP contribution in [-0.2, 0) is 0 Å². The molecule has 0 saturated carbocycles. The van der Waals surface area contributed by atoms with Gasteiger partial charge in [-0.2, -0.15) is 0 Å². The topological polar surface area (TPSA) is 55.5 Å². The smallest absolute Gasteiger partial charge is 0.131 e. The number of halogens is 1. The van der Waals surface area contributed by atoms with E-state index < -0.39 is 18.0 Å². The minimum atomic E-state index is -0.819. The summed E-state index contributed by atoms with van der Waals surface area (Å²) in [5.74, 6) is -0.101. The summed E-state index contributed by atoms with van der Waals surface area (Å²) in [5, 5.41) is 9.27. The Morgan fingerprint density at radius 1 is 1.50 bits per heavy atom. The molecule has 0 fully saturated rings. The van der Waals surface area contributed by atoms with Gasteiger partial charge in [0.15, 0.2) is 0 Å². The van der Waals surface area contributed by atoms with Crippen molar-refractivity contribution in [3.8, 4) is 5.75 Å². The highest BCUT2D eigenvalue weighted by Gasteiger charge is 2.20. The molecule has 3 N–H and O–H groups in total. The van der Waals surface area contributed by atoms with Crippen LogP contribution in [0.2, 0.25) is 0 Å². The summed E-state index contributed by atoms with van der Waals surface area (Å²) in [5.41, 5.74) is 5.86. The largest absolute Gasteiger partial charge is 0.496 e. The van der Waals surface area contributed by atoms with Gasteiger partial charge in [0.2, 0.25) is 0 Å². The van der Waals surface area contributed by atoms with E-state index >= 15 is 0 Å². The van der Waals surface area contributed by atoms with E-state index in [2.05, 4.69) is 0 Å². The van der Waals surface area contributed by atoms with Crippen LogP contribution in [0.3, 0.4) is 0 Å². The Kier molecular flexibility index (Phi) is 3.43. The molecule has 0 aliphatic rings. The van der Waals surface area contributed by atoms with E-state index in [9.17, 15) is 9.50 Å². The second-order valence-corrected chi connectivity index (χ2v) is 3.12. The summed E-state index contributed by atoms with van der Waals surface area (Å²) in [6, 6.07) is 3.67. The van der Waals surface area contributed by atoms with Gasteiger partial charge in [-0.15, -0.1) is 0 Å². The van der Waals surface area contributed by atoms with Gasteiger partial charge in [-0.25, -0.2) is 4.39 Å². The van der Waals surface area contributed by atoms with Crippen molar-refractivity contribution in [2.75, 3.05) is 7.11 Å². The SMILES string of the molecule is COc1cccc(F)c1[C@@H](N)[C@@H](C)O. The molecule has 0 heterocycles. The zero-order valence-corrected chi connectivity index (χ0v) is 8.20. The fourth-order valence-corrected chi connectivity index (χ4v) is 1.26. The summed E-state index contributed by atoms with van der Waals surface area (Å²) in [6.07, 6.45) is -0.819. The molecule has 78 valence electrons. The van der Waals surface area contributed by atoms with E-state index in [-0.39, 0.29) is 5.56 Å². The molecule has 0 saturated heterocycles. The Labute approximate surface area is 82.3 Å². The van der Waals surface area contributed by atoms with Crippen molar-refractivity contribution in [1.29, 1.82) is 0 Å². The first-order chi connectivity index (χ1) is 6.57. The Bertz CT molecular complexity index is 315. The van der Waals surface area contributed by atoms with Crippen LogP contribution in [-0.4, -0.2) is 18.3 Å². The lowest BCUT2D eigenvalue weighted by Gasteiger charge is -2.18. The first-order valence-electron chi connectivity index (χ1n) is 4.34. The minimum Gasteiger partial charge on any atom is -0.496 e. The second kappa shape index (κ2) is 4.39. The molecule has 0 aliphatic heterocycles. The molecule has 2 atom stereocenters. The molecule has 3 nitrogen and oxygen atoms in total. The fraction of sp³-hybridized carbons (Fsp3) is 0.400. The molecule has 0 amide bonds. The summed E-state index contributed by atoms with van der Waals surface area (Å²) < 4.78 is 18.3. The molecule has 14 heavy (non-hydrogen) atoms. The highest BCUT2D eigenvalue weighted by atomic mass is 19.1. The maximum atomic E-state index is 13.4. The first kappa shape index (κ1) is 10.9. The number of hydrogen-bond acceptors (Lipinski definition) is 3. The van der Waals surface area contributed by atoms with E-state index in [0.717, 1.165) is 0 Å². The predicted molar refractivity (Wildman–Crippen MR) is 51.6 cm³/mol. The van der Waals surface area contributed by atoms with E-state index in [4.69, 9.17) is 10.5 Å². The zero-order valence-electron chi connectivity index (χ0n) is 8.20. The monoisotopic (exact) mass is 199 g/mol. The van der Waals surface area contributed by atoms with Crippen LogP contribution >= 0.6 is 0 Å². The van der Waals surface area contributed by atoms with E-state index in [1.54, 1.807) is 6.07 Å². The van der Waals surface area contributed by atoms with Crippen molar-refractivity contribution in [1.82, 2.24) is 0 Å². The Hall–Kier alpha value is -1.13. The quantitative estimate of drug-likeness (QED) is 0.769. The minimum absolute atomic E-state index is 0.213. The lowest BCUT2D eigenvalue weighted by Crippen LogP contribution is -2.24. The fourth-order valence-electron chi connectivity index (χ4n) is 1.26. The van der Waals surface area contributed by atoms with Crippen LogP contribution in [0.15, 0.2) is 18.2 Å². The average molecular weight is 199 g/mol. The maximum absolute atomic E-state index is 13.4. The number of rotatable bonds is 3. The predicted octanol–water partition coefficient (Wildman–Crippen LogP) is 1.21. The highest BCUT2D eigenvalue weighted by Crippen LogP contribution is 2.28. The molecule has 1 rings (SSSR count). The Balaban J connectivity index is 3.16. The number of aliphatic hydroxyl groups excluding tert-OH is 1. The van der Waals surface area contributed by atoms with Gasteiger partial charge in [-0.1, -0.05) is 6.07 Å². The van der Waals surface area contributed by atoms with Crippen LogP contribution < -0.4 is 10.5 Å². The summed E-state index contributed by atoms with van der Waals surface area (Å²) >= 11 is 0.